The van der Waals surface area contributed by atoms with Gasteiger partial charge >= 0.3 is 6.18 Å². The van der Waals surface area contributed by atoms with Crippen LogP contribution in [0.4, 0.5) is 22.0 Å². The van der Waals surface area contributed by atoms with Crippen LogP contribution in [0.25, 0.3) is 11.3 Å². The summed E-state index contributed by atoms with van der Waals surface area (Å²) in [7, 11) is 1.32. The molecule has 0 aliphatic rings. The molecule has 0 aliphatic heterocycles. The van der Waals surface area contributed by atoms with Crippen molar-refractivity contribution in [1.29, 1.82) is 0 Å². The Labute approximate surface area is 151 Å². The summed E-state index contributed by atoms with van der Waals surface area (Å²) in [6.45, 7) is 2.96. The number of nitrogens with zero attached hydrogens (tertiary/aromatic N) is 3. The highest BCUT2D eigenvalue weighted by Gasteiger charge is 2.38. The zero-order chi connectivity index (χ0) is 19.9. The molecule has 0 saturated carbocycles. The van der Waals surface area contributed by atoms with Crippen LogP contribution in [0.2, 0.25) is 0 Å². The number of rotatable bonds is 3. The summed E-state index contributed by atoms with van der Waals surface area (Å²) < 4.78 is 72.1. The van der Waals surface area contributed by atoms with Gasteiger partial charge in [-0.15, -0.1) is 0 Å². The smallest absolute Gasteiger partial charge is 0.421 e. The maximum absolute atomic E-state index is 13.5. The first-order valence-electron chi connectivity index (χ1n) is 7.79. The summed E-state index contributed by atoms with van der Waals surface area (Å²) in [5.74, 6) is -2.13. The van der Waals surface area contributed by atoms with Crippen molar-refractivity contribution in [2.75, 3.05) is 0 Å². The summed E-state index contributed by atoms with van der Waals surface area (Å²) >= 11 is 0. The number of alkyl halides is 3. The first kappa shape index (κ1) is 18.8. The fraction of sp³-hybridized carbons (Fsp3) is 0.222. The molecule has 0 spiro atoms. The minimum Gasteiger partial charge on any atom is -0.421 e. The second kappa shape index (κ2) is 6.64. The molecule has 0 bridgehead atoms. The van der Waals surface area contributed by atoms with Crippen LogP contribution < -0.4 is 4.74 Å². The van der Waals surface area contributed by atoms with E-state index < -0.39 is 23.5 Å². The van der Waals surface area contributed by atoms with Crippen molar-refractivity contribution in [3.63, 3.8) is 0 Å². The van der Waals surface area contributed by atoms with Crippen LogP contribution in [0.15, 0.2) is 30.3 Å². The highest BCUT2D eigenvalue weighted by Crippen LogP contribution is 2.36. The number of aromatic nitrogens is 3. The SMILES string of the molecule is Cc1cc(Oc2c(C)c(C(F)(F)F)nn2C)nc(-c2ccc(F)c(F)c2)c1. The second-order valence-corrected chi connectivity index (χ2v) is 6.00. The van der Waals surface area contributed by atoms with Crippen LogP contribution in [0.5, 0.6) is 11.8 Å². The maximum atomic E-state index is 13.5. The Morgan fingerprint density at radius 1 is 1.00 bits per heavy atom. The van der Waals surface area contributed by atoms with Crippen LogP contribution in [-0.2, 0) is 13.2 Å². The lowest BCUT2D eigenvalue weighted by molar-refractivity contribution is -0.141. The van der Waals surface area contributed by atoms with Crippen LogP contribution >= 0.6 is 0 Å². The van der Waals surface area contributed by atoms with Gasteiger partial charge in [0.15, 0.2) is 17.3 Å². The molecular formula is C18H14F5N3O. The number of halogens is 5. The van der Waals surface area contributed by atoms with E-state index in [0.717, 1.165) is 16.8 Å². The number of benzene rings is 1. The third-order valence-electron chi connectivity index (χ3n) is 3.85. The molecular weight excluding hydrogens is 369 g/mol. The number of pyridine rings is 1. The molecule has 1 aromatic carbocycles. The highest BCUT2D eigenvalue weighted by atomic mass is 19.4. The van der Waals surface area contributed by atoms with Gasteiger partial charge in [-0.3, -0.25) is 0 Å². The predicted octanol–water partition coefficient (Wildman–Crippen LogP) is 5.19. The van der Waals surface area contributed by atoms with Crippen molar-refractivity contribution in [1.82, 2.24) is 14.8 Å². The third kappa shape index (κ3) is 3.76. The van der Waals surface area contributed by atoms with Gasteiger partial charge in [-0.1, -0.05) is 0 Å². The minimum absolute atomic E-state index is 0.00885. The quantitative estimate of drug-likeness (QED) is 0.585. The summed E-state index contributed by atoms with van der Waals surface area (Å²) in [6, 6.07) is 6.44. The van der Waals surface area contributed by atoms with E-state index in [9.17, 15) is 22.0 Å². The van der Waals surface area contributed by atoms with E-state index in [2.05, 4.69) is 10.1 Å². The summed E-state index contributed by atoms with van der Waals surface area (Å²) in [4.78, 5) is 4.19. The van der Waals surface area contributed by atoms with E-state index >= 15 is 0 Å². The van der Waals surface area contributed by atoms with Gasteiger partial charge in [0.25, 0.3) is 0 Å². The number of hydrogen-bond donors (Lipinski definition) is 0. The van der Waals surface area contributed by atoms with E-state index in [1.54, 1.807) is 13.0 Å². The molecule has 0 saturated heterocycles. The Bertz CT molecular complexity index is 1010. The third-order valence-corrected chi connectivity index (χ3v) is 3.85. The van der Waals surface area contributed by atoms with Gasteiger partial charge in [-0.25, -0.2) is 18.4 Å². The second-order valence-electron chi connectivity index (χ2n) is 6.00. The largest absolute Gasteiger partial charge is 0.435 e. The van der Waals surface area contributed by atoms with Gasteiger partial charge in [0.05, 0.1) is 5.69 Å². The molecule has 0 atom stereocenters. The van der Waals surface area contributed by atoms with Crippen LogP contribution in [0.3, 0.4) is 0 Å². The molecule has 0 unspecified atom stereocenters. The van der Waals surface area contributed by atoms with Crippen molar-refractivity contribution in [2.45, 2.75) is 20.0 Å². The topological polar surface area (TPSA) is 39.9 Å². The lowest BCUT2D eigenvalue weighted by Gasteiger charge is -2.10. The Balaban J connectivity index is 2.01. The fourth-order valence-corrected chi connectivity index (χ4v) is 2.62. The first-order valence-corrected chi connectivity index (χ1v) is 7.79. The van der Waals surface area contributed by atoms with Crippen molar-refractivity contribution < 1.29 is 26.7 Å². The Morgan fingerprint density at radius 3 is 2.30 bits per heavy atom. The monoisotopic (exact) mass is 383 g/mol. The molecule has 142 valence electrons. The fourth-order valence-electron chi connectivity index (χ4n) is 2.62. The van der Waals surface area contributed by atoms with Crippen LogP contribution in [0.1, 0.15) is 16.8 Å². The number of ether oxygens (including phenoxy) is 1. The zero-order valence-corrected chi connectivity index (χ0v) is 14.5. The van der Waals surface area contributed by atoms with E-state index in [-0.39, 0.29) is 17.3 Å². The van der Waals surface area contributed by atoms with Crippen molar-refractivity contribution >= 4 is 0 Å². The van der Waals surface area contributed by atoms with Gasteiger partial charge in [-0.05, 0) is 43.7 Å². The molecule has 9 heteroatoms. The molecule has 0 radical (unpaired) electrons. The minimum atomic E-state index is -4.61. The van der Waals surface area contributed by atoms with Gasteiger partial charge in [0, 0.05) is 24.2 Å². The van der Waals surface area contributed by atoms with Crippen molar-refractivity contribution in [3.05, 3.63) is 58.8 Å². The molecule has 3 rings (SSSR count). The van der Waals surface area contributed by atoms with Gasteiger partial charge in [0.1, 0.15) is 0 Å². The van der Waals surface area contributed by atoms with E-state index in [0.29, 0.717) is 16.8 Å². The van der Waals surface area contributed by atoms with E-state index in [4.69, 9.17) is 4.74 Å². The summed E-state index contributed by atoms with van der Waals surface area (Å²) in [5, 5.41) is 3.45. The molecule has 2 heterocycles. The average Bonchev–Trinajstić information content (AvgIpc) is 2.85. The van der Waals surface area contributed by atoms with E-state index in [1.165, 1.54) is 26.1 Å². The lowest BCUT2D eigenvalue weighted by atomic mass is 10.1. The van der Waals surface area contributed by atoms with Crippen molar-refractivity contribution in [3.8, 4) is 23.0 Å². The molecule has 0 amide bonds. The van der Waals surface area contributed by atoms with Gasteiger partial charge in [-0.2, -0.15) is 18.3 Å². The van der Waals surface area contributed by atoms with E-state index in [1.807, 2.05) is 0 Å². The van der Waals surface area contributed by atoms with Gasteiger partial charge in [0.2, 0.25) is 11.8 Å². The summed E-state index contributed by atoms with van der Waals surface area (Å²) in [5.41, 5.74) is 0.0479. The predicted molar refractivity (Wildman–Crippen MR) is 87.3 cm³/mol. The molecule has 0 N–H and O–H groups in total. The van der Waals surface area contributed by atoms with Gasteiger partial charge < -0.3 is 4.74 Å². The molecule has 0 aliphatic carbocycles. The molecule has 2 aromatic heterocycles. The highest BCUT2D eigenvalue weighted by molar-refractivity contribution is 5.61. The zero-order valence-electron chi connectivity index (χ0n) is 14.5. The average molecular weight is 383 g/mol. The van der Waals surface area contributed by atoms with Crippen LogP contribution in [0, 0.1) is 25.5 Å². The Morgan fingerprint density at radius 2 is 1.70 bits per heavy atom. The first-order chi connectivity index (χ1) is 12.6. The standard InChI is InChI=1S/C18H14F5N3O/c1-9-6-14(11-4-5-12(19)13(20)8-11)24-15(7-9)27-17-10(2)16(18(21,22)23)25-26(17)3/h4-8H,1-3H3. The Hall–Kier alpha value is -2.97. The molecule has 0 fully saturated rings. The molecule has 27 heavy (non-hydrogen) atoms. The Kier molecular flexibility index (Phi) is 4.63. The summed E-state index contributed by atoms with van der Waals surface area (Å²) in [6.07, 6.45) is -4.61. The normalized spacial score (nSPS) is 11.7. The van der Waals surface area contributed by atoms with Crippen molar-refractivity contribution in [2.24, 2.45) is 7.05 Å². The molecule has 3 aromatic rings. The number of aryl methyl sites for hydroxylation is 2. The number of hydrogen-bond acceptors (Lipinski definition) is 3. The van der Waals surface area contributed by atoms with Crippen LogP contribution in [-0.4, -0.2) is 14.8 Å². The molecule has 4 nitrogen and oxygen atoms in total. The lowest BCUT2D eigenvalue weighted by Crippen LogP contribution is -2.08. The maximum Gasteiger partial charge on any atom is 0.435 e.